The van der Waals surface area contributed by atoms with Crippen LogP contribution in [0.25, 0.3) is 0 Å². The molecule has 5 heteroatoms. The maximum Gasteiger partial charge on any atom is 0.211 e. The van der Waals surface area contributed by atoms with Crippen LogP contribution in [0.15, 0.2) is 0 Å². The molecule has 1 fully saturated rings. The third-order valence-corrected chi connectivity index (χ3v) is 3.68. The first-order chi connectivity index (χ1) is 5.91. The van der Waals surface area contributed by atoms with Crippen LogP contribution in [0, 0.1) is 12.8 Å². The van der Waals surface area contributed by atoms with Crippen LogP contribution in [0.1, 0.15) is 12.8 Å². The molecule has 0 bridgehead atoms. The number of nitrogens with zero attached hydrogens (tertiary/aromatic N) is 1. The minimum atomic E-state index is -3.07. The lowest BCUT2D eigenvalue weighted by Gasteiger charge is -2.28. The summed E-state index contributed by atoms with van der Waals surface area (Å²) in [6.07, 6.45) is 2.41. The molecule has 13 heavy (non-hydrogen) atoms. The van der Waals surface area contributed by atoms with Crippen LogP contribution in [0.2, 0.25) is 0 Å². The van der Waals surface area contributed by atoms with Crippen molar-refractivity contribution in [2.45, 2.75) is 12.8 Å². The standard InChI is InChI=1S/C8H14NO3S/c1-7(10)8-3-5-9(6-4-8)13(2,11)12/h8H,1,3-6H2,2H3. The van der Waals surface area contributed by atoms with E-state index in [0.29, 0.717) is 25.9 Å². The lowest BCUT2D eigenvalue weighted by atomic mass is 9.95. The van der Waals surface area contributed by atoms with E-state index in [1.165, 1.54) is 10.6 Å². The molecule has 0 N–H and O–H groups in total. The first-order valence-electron chi connectivity index (χ1n) is 4.22. The van der Waals surface area contributed by atoms with Gasteiger partial charge in [0.25, 0.3) is 0 Å². The van der Waals surface area contributed by atoms with Crippen molar-refractivity contribution in [1.82, 2.24) is 4.31 Å². The van der Waals surface area contributed by atoms with Crippen LogP contribution in [-0.2, 0) is 14.8 Å². The van der Waals surface area contributed by atoms with Crippen LogP contribution in [0.3, 0.4) is 0 Å². The van der Waals surface area contributed by atoms with Crippen LogP contribution in [0.4, 0.5) is 0 Å². The summed E-state index contributed by atoms with van der Waals surface area (Å²) in [5.74, 6) is -0.119. The van der Waals surface area contributed by atoms with Gasteiger partial charge in [0.05, 0.1) is 6.26 Å². The van der Waals surface area contributed by atoms with Crippen molar-refractivity contribution in [2.24, 2.45) is 5.92 Å². The van der Waals surface area contributed by atoms with Gasteiger partial charge in [-0.15, -0.1) is 0 Å². The Morgan fingerprint density at radius 2 is 1.85 bits per heavy atom. The minimum absolute atomic E-state index is 0.0435. The Bertz CT molecular complexity index is 289. The Morgan fingerprint density at radius 3 is 2.15 bits per heavy atom. The van der Waals surface area contributed by atoms with E-state index in [1.807, 2.05) is 0 Å². The van der Waals surface area contributed by atoms with Gasteiger partial charge in [-0.25, -0.2) is 12.7 Å². The van der Waals surface area contributed by atoms with E-state index in [1.54, 1.807) is 0 Å². The highest BCUT2D eigenvalue weighted by atomic mass is 32.2. The molecule has 1 heterocycles. The molecule has 0 aromatic heterocycles. The maximum absolute atomic E-state index is 11.1. The Balaban J connectivity index is 2.53. The van der Waals surface area contributed by atoms with Crippen molar-refractivity contribution in [1.29, 1.82) is 0 Å². The monoisotopic (exact) mass is 204 g/mol. The highest BCUT2D eigenvalue weighted by Crippen LogP contribution is 2.19. The fourth-order valence-electron chi connectivity index (χ4n) is 1.51. The van der Waals surface area contributed by atoms with E-state index in [0.717, 1.165) is 0 Å². The Hall–Kier alpha value is -0.420. The molecule has 0 saturated carbocycles. The number of ketones is 1. The van der Waals surface area contributed by atoms with Gasteiger partial charge in [-0.1, -0.05) is 0 Å². The van der Waals surface area contributed by atoms with Gasteiger partial charge >= 0.3 is 0 Å². The first kappa shape index (κ1) is 10.7. The normalized spacial score (nSPS) is 21.7. The average Bonchev–Trinajstić information content (AvgIpc) is 2.03. The SMILES string of the molecule is [CH2]C(=O)C1CCN(S(C)(=O)=O)CC1. The Morgan fingerprint density at radius 1 is 1.38 bits per heavy atom. The summed E-state index contributed by atoms with van der Waals surface area (Å²) in [5, 5.41) is 0. The van der Waals surface area contributed by atoms with E-state index >= 15 is 0 Å². The second kappa shape index (κ2) is 3.75. The van der Waals surface area contributed by atoms with Gasteiger partial charge in [-0.3, -0.25) is 4.79 Å². The van der Waals surface area contributed by atoms with E-state index in [9.17, 15) is 13.2 Å². The topological polar surface area (TPSA) is 54.5 Å². The molecule has 0 aliphatic carbocycles. The van der Waals surface area contributed by atoms with Crippen LogP contribution < -0.4 is 0 Å². The number of hydrogen-bond donors (Lipinski definition) is 0. The number of sulfonamides is 1. The Kier molecular flexibility index (Phi) is 3.08. The smallest absolute Gasteiger partial charge is 0.211 e. The van der Waals surface area contributed by atoms with Gasteiger partial charge in [0, 0.05) is 25.9 Å². The molecule has 0 unspecified atom stereocenters. The van der Waals surface area contributed by atoms with E-state index in [2.05, 4.69) is 6.92 Å². The van der Waals surface area contributed by atoms with Crippen molar-refractivity contribution in [3.63, 3.8) is 0 Å². The molecule has 4 nitrogen and oxygen atoms in total. The molecule has 75 valence electrons. The van der Waals surface area contributed by atoms with Gasteiger partial charge < -0.3 is 0 Å². The number of Topliss-reactive ketones (excluding diaryl/α,β-unsaturated/α-hetero) is 1. The molecule has 1 aliphatic rings. The van der Waals surface area contributed by atoms with Crippen molar-refractivity contribution < 1.29 is 13.2 Å². The molecule has 1 saturated heterocycles. The summed E-state index contributed by atoms with van der Waals surface area (Å²) >= 11 is 0. The number of carbonyl (C=O) groups excluding carboxylic acids is 1. The zero-order valence-corrected chi connectivity index (χ0v) is 8.51. The summed E-state index contributed by atoms with van der Waals surface area (Å²) in [5.41, 5.74) is 0. The molecular formula is C8H14NO3S. The molecule has 0 amide bonds. The van der Waals surface area contributed by atoms with Gasteiger partial charge in [0.2, 0.25) is 10.0 Å². The zero-order valence-electron chi connectivity index (χ0n) is 7.69. The number of carbonyl (C=O) groups is 1. The molecule has 0 atom stereocenters. The number of rotatable bonds is 2. The van der Waals surface area contributed by atoms with E-state index in [-0.39, 0.29) is 11.7 Å². The minimum Gasteiger partial charge on any atom is -0.299 e. The summed E-state index contributed by atoms with van der Waals surface area (Å²) in [4.78, 5) is 10.9. The molecule has 1 radical (unpaired) electrons. The van der Waals surface area contributed by atoms with E-state index < -0.39 is 10.0 Å². The fourth-order valence-corrected chi connectivity index (χ4v) is 2.38. The third kappa shape index (κ3) is 2.77. The van der Waals surface area contributed by atoms with Crippen molar-refractivity contribution in [3.8, 4) is 0 Å². The third-order valence-electron chi connectivity index (χ3n) is 2.38. The summed E-state index contributed by atoms with van der Waals surface area (Å²) in [7, 11) is -3.07. The van der Waals surface area contributed by atoms with Crippen molar-refractivity contribution in [2.75, 3.05) is 19.3 Å². The van der Waals surface area contributed by atoms with Gasteiger partial charge in [-0.2, -0.15) is 0 Å². The summed E-state index contributed by atoms with van der Waals surface area (Å²) in [6, 6.07) is 0. The van der Waals surface area contributed by atoms with Crippen molar-refractivity contribution >= 4 is 15.8 Å². The zero-order chi connectivity index (χ0) is 10.1. The molecule has 0 spiro atoms. The van der Waals surface area contributed by atoms with Gasteiger partial charge in [0.1, 0.15) is 5.78 Å². The first-order valence-corrected chi connectivity index (χ1v) is 6.07. The lowest BCUT2D eigenvalue weighted by Crippen LogP contribution is -2.39. The van der Waals surface area contributed by atoms with Crippen LogP contribution >= 0.6 is 0 Å². The van der Waals surface area contributed by atoms with Crippen LogP contribution in [0.5, 0.6) is 0 Å². The summed E-state index contributed by atoms with van der Waals surface area (Å²) < 4.78 is 23.6. The quantitative estimate of drug-likeness (QED) is 0.639. The van der Waals surface area contributed by atoms with Gasteiger partial charge in [0.15, 0.2) is 0 Å². The second-order valence-corrected chi connectivity index (χ2v) is 5.39. The lowest BCUT2D eigenvalue weighted by molar-refractivity contribution is -0.119. The summed E-state index contributed by atoms with van der Waals surface area (Å²) in [6.45, 7) is 4.24. The molecular weight excluding hydrogens is 190 g/mol. The fraction of sp³-hybridized carbons (Fsp3) is 0.750. The van der Waals surface area contributed by atoms with Gasteiger partial charge in [-0.05, 0) is 12.8 Å². The maximum atomic E-state index is 11.1. The predicted molar refractivity (Wildman–Crippen MR) is 49.5 cm³/mol. The molecule has 0 aromatic carbocycles. The molecule has 1 rings (SSSR count). The Labute approximate surface area is 79.0 Å². The molecule has 1 aliphatic heterocycles. The molecule has 0 aromatic rings. The highest BCUT2D eigenvalue weighted by molar-refractivity contribution is 7.88. The largest absolute Gasteiger partial charge is 0.299 e. The van der Waals surface area contributed by atoms with E-state index in [4.69, 9.17) is 0 Å². The van der Waals surface area contributed by atoms with Crippen molar-refractivity contribution in [3.05, 3.63) is 6.92 Å². The highest BCUT2D eigenvalue weighted by Gasteiger charge is 2.26. The number of hydrogen-bond acceptors (Lipinski definition) is 3. The number of piperidine rings is 1. The predicted octanol–water partition coefficient (Wildman–Crippen LogP) is 0.0612. The van der Waals surface area contributed by atoms with Crippen LogP contribution in [-0.4, -0.2) is 37.9 Å². The average molecular weight is 204 g/mol. The second-order valence-electron chi connectivity index (χ2n) is 3.40.